The van der Waals surface area contributed by atoms with Crippen LogP contribution in [0.4, 0.5) is 0 Å². The summed E-state index contributed by atoms with van der Waals surface area (Å²) in [5.74, 6) is 3.47. The minimum Gasteiger partial charge on any atom is -0.307 e. The second-order valence-electron chi connectivity index (χ2n) is 37.6. The first-order chi connectivity index (χ1) is 73.4. The Kier molecular flexibility index (Phi) is 22.1. The molecule has 0 saturated heterocycles. The highest BCUT2D eigenvalue weighted by atomic mass is 15.2. The van der Waals surface area contributed by atoms with Gasteiger partial charge in [-0.25, -0.2) is 9.97 Å². The van der Waals surface area contributed by atoms with E-state index in [2.05, 4.69) is 516 Å². The molecule has 6 aromatic heterocycles. The van der Waals surface area contributed by atoms with Gasteiger partial charge in [0.2, 0.25) is 11.9 Å². The van der Waals surface area contributed by atoms with Gasteiger partial charge < -0.3 is 9.13 Å². The quantitative estimate of drug-likeness (QED) is 0.0849. The number of aromatic nitrogens is 10. The summed E-state index contributed by atoms with van der Waals surface area (Å²) in [6.45, 7) is 0. The van der Waals surface area contributed by atoms with Crippen molar-refractivity contribution < 1.29 is 0 Å². The topological polar surface area (TPSA) is 97.1 Å². The first-order valence-electron chi connectivity index (χ1n) is 50.2. The van der Waals surface area contributed by atoms with Crippen LogP contribution in [0.3, 0.4) is 0 Å². The molecule has 10 nitrogen and oxygen atoms in total. The van der Waals surface area contributed by atoms with Gasteiger partial charge in [0.05, 0.1) is 44.1 Å². The van der Waals surface area contributed by atoms with Crippen LogP contribution in [0.15, 0.2) is 546 Å². The summed E-state index contributed by atoms with van der Waals surface area (Å²) in [7, 11) is 0. The average Bonchev–Trinajstić information content (AvgIpc) is 1.54. The molecule has 28 rings (SSSR count). The molecule has 6 heterocycles. The summed E-state index contributed by atoms with van der Waals surface area (Å²) >= 11 is 0. The zero-order valence-corrected chi connectivity index (χ0v) is 80.4. The van der Waals surface area contributed by atoms with E-state index in [0.29, 0.717) is 35.2 Å². The van der Waals surface area contributed by atoms with Gasteiger partial charge in [-0.15, -0.1) is 0 Å². The summed E-state index contributed by atoms with van der Waals surface area (Å²) in [5, 5.41) is 9.01. The van der Waals surface area contributed by atoms with Gasteiger partial charge in [0.15, 0.2) is 23.3 Å². The first-order valence-corrected chi connectivity index (χ1v) is 50.2. The molecule has 22 aromatic carbocycles. The first kappa shape index (κ1) is 87.1. The van der Waals surface area contributed by atoms with Crippen LogP contribution in [0.2, 0.25) is 0 Å². The summed E-state index contributed by atoms with van der Waals surface area (Å²) in [6.07, 6.45) is 0. The van der Waals surface area contributed by atoms with Crippen LogP contribution in [-0.2, 0) is 0 Å². The van der Waals surface area contributed by atoms with Crippen molar-refractivity contribution in [3.63, 3.8) is 0 Å². The third-order valence-corrected chi connectivity index (χ3v) is 28.7. The number of benzene rings is 22. The molecule has 0 fully saturated rings. The fourth-order valence-corrected chi connectivity index (χ4v) is 21.8. The highest BCUT2D eigenvalue weighted by Crippen LogP contribution is 2.49. The van der Waals surface area contributed by atoms with Gasteiger partial charge >= 0.3 is 0 Å². The average molecular weight is 1890 g/mol. The van der Waals surface area contributed by atoms with E-state index in [1.807, 2.05) is 48.5 Å². The maximum atomic E-state index is 5.53. The molecule has 10 heteroatoms. The largest absolute Gasteiger partial charge is 0.307 e. The summed E-state index contributed by atoms with van der Waals surface area (Å²) in [6, 6.07) is 195. The van der Waals surface area contributed by atoms with Gasteiger partial charge in [-0.2, -0.15) is 19.9 Å². The van der Waals surface area contributed by atoms with E-state index in [0.717, 1.165) is 188 Å². The summed E-state index contributed by atoms with van der Waals surface area (Å²) in [5.41, 5.74) is 36.8. The maximum Gasteiger partial charge on any atom is 0.238 e. The Morgan fingerprint density at radius 1 is 0.115 bits per heavy atom. The van der Waals surface area contributed by atoms with E-state index in [4.69, 9.17) is 29.9 Å². The standard InChI is InChI=1S/2C69H45N5/c1-5-21-46(22-6-1)50-29-19-31-52(41-50)54-43-55(53-32-20-30-51(42-53)47-23-7-2-8-24-47)45-56(44-54)73-63-37-17-15-34-58(63)60-39-40-61-59-35-16-18-38-64(59)74(66(61)65(60)73)69-71-67(49-27-11-4-12-28-49)70-68(72-69)62-36-14-13-33-57(62)48-25-9-3-10-26-48;1-5-20-46(21-6-1)48-36-38-49(39-37-48)54-43-55(53-29-19-28-52(42-53)47-22-7-2-8-23-47)45-56(44-54)73-63-34-17-15-31-58(63)60-40-41-61-59-32-16-18-35-64(59)74(66(61)65(60)73)69-71-67(51-26-11-4-12-27-51)70-68(72-69)62-33-14-13-30-57(62)50-24-9-3-10-25-50/h2*1-45H. The van der Waals surface area contributed by atoms with Crippen LogP contribution >= 0.6 is 0 Å². The molecule has 0 amide bonds. The monoisotopic (exact) mass is 1890 g/mol. The van der Waals surface area contributed by atoms with Crippen molar-refractivity contribution >= 4 is 87.2 Å². The smallest absolute Gasteiger partial charge is 0.238 e. The third-order valence-electron chi connectivity index (χ3n) is 28.7. The van der Waals surface area contributed by atoms with Gasteiger partial charge in [0.1, 0.15) is 0 Å². The second-order valence-corrected chi connectivity index (χ2v) is 37.6. The number of rotatable bonds is 18. The van der Waals surface area contributed by atoms with E-state index in [9.17, 15) is 0 Å². The molecule has 0 saturated carbocycles. The van der Waals surface area contributed by atoms with Gasteiger partial charge in [-0.05, 0) is 190 Å². The Labute approximate surface area is 855 Å². The number of fused-ring (bicyclic) bond motifs is 14. The predicted molar refractivity (Wildman–Crippen MR) is 613 cm³/mol. The second kappa shape index (κ2) is 37.5. The Morgan fingerprint density at radius 3 is 0.628 bits per heavy atom. The molecule has 0 bridgehead atoms. The van der Waals surface area contributed by atoms with Crippen LogP contribution in [0.25, 0.3) is 267 Å². The van der Waals surface area contributed by atoms with Crippen molar-refractivity contribution in [2.24, 2.45) is 0 Å². The van der Waals surface area contributed by atoms with Gasteiger partial charge in [0.25, 0.3) is 0 Å². The Balaban J connectivity index is 0.000000146. The van der Waals surface area contributed by atoms with Crippen molar-refractivity contribution in [2.75, 3.05) is 0 Å². The van der Waals surface area contributed by atoms with Crippen molar-refractivity contribution in [1.29, 1.82) is 0 Å². The normalized spacial score (nSPS) is 11.5. The molecule has 0 aliphatic heterocycles. The fraction of sp³-hybridized carbons (Fsp3) is 0. The van der Waals surface area contributed by atoms with E-state index >= 15 is 0 Å². The highest BCUT2D eigenvalue weighted by Gasteiger charge is 2.29. The van der Waals surface area contributed by atoms with Crippen molar-refractivity contribution in [3.8, 4) is 180 Å². The zero-order chi connectivity index (χ0) is 97.9. The molecule has 148 heavy (non-hydrogen) atoms. The van der Waals surface area contributed by atoms with Gasteiger partial charge in [-0.1, -0.05) is 467 Å². The van der Waals surface area contributed by atoms with E-state index in [1.54, 1.807) is 0 Å². The lowest BCUT2D eigenvalue weighted by Crippen LogP contribution is -2.07. The van der Waals surface area contributed by atoms with Crippen LogP contribution in [0, 0.1) is 0 Å². The van der Waals surface area contributed by atoms with Crippen LogP contribution in [0.1, 0.15) is 0 Å². The van der Waals surface area contributed by atoms with Crippen LogP contribution in [0.5, 0.6) is 0 Å². The van der Waals surface area contributed by atoms with Gasteiger partial charge in [-0.3, -0.25) is 9.13 Å². The molecule has 0 aliphatic carbocycles. The Morgan fingerprint density at radius 2 is 0.318 bits per heavy atom. The molecule has 0 unspecified atom stereocenters. The SMILES string of the molecule is c1ccc(-c2ccc(-c3cc(-c4cccc(-c5ccccc5)c4)cc(-n4c5ccccc5c5ccc6c7ccccc7n(-c7nc(-c8ccccc8)nc(-c8ccccc8-c8ccccc8)n7)c6c54)c3)cc2)cc1.c1ccc(-c2cccc(-c3cc(-c4cccc(-c5ccccc5)c4)cc(-n4c5ccccc5c5ccc6c7ccccc7n(-c7nc(-c8ccccc8)nc(-c8ccccc8-c8ccccc8)n7)c6c54)c3)c2)cc1. The Hall–Kier alpha value is -19.9. The summed E-state index contributed by atoms with van der Waals surface area (Å²) < 4.78 is 9.51. The predicted octanol–water partition coefficient (Wildman–Crippen LogP) is 35.5. The zero-order valence-electron chi connectivity index (χ0n) is 80.4. The molecule has 28 aromatic rings. The third kappa shape index (κ3) is 15.9. The molecule has 0 radical (unpaired) electrons. The van der Waals surface area contributed by atoms with E-state index in [-0.39, 0.29) is 0 Å². The van der Waals surface area contributed by atoms with E-state index in [1.165, 1.54) is 44.5 Å². The number of hydrogen-bond donors (Lipinski definition) is 0. The lowest BCUT2D eigenvalue weighted by Gasteiger charge is -2.16. The molecule has 0 aliphatic rings. The van der Waals surface area contributed by atoms with Crippen LogP contribution in [-0.4, -0.2) is 48.2 Å². The lowest BCUT2D eigenvalue weighted by molar-refractivity contribution is 0.953. The van der Waals surface area contributed by atoms with Crippen molar-refractivity contribution in [1.82, 2.24) is 48.2 Å². The number of hydrogen-bond acceptors (Lipinski definition) is 6. The minimum absolute atomic E-state index is 0.539. The molecular formula is C138H90N10. The number of para-hydroxylation sites is 4. The molecule has 692 valence electrons. The fourth-order valence-electron chi connectivity index (χ4n) is 21.8. The molecule has 0 atom stereocenters. The molecule has 0 N–H and O–H groups in total. The van der Waals surface area contributed by atoms with Crippen LogP contribution < -0.4 is 0 Å². The molecular weight excluding hydrogens is 1800 g/mol. The van der Waals surface area contributed by atoms with Gasteiger partial charge in [0, 0.05) is 76.7 Å². The minimum atomic E-state index is 0.539. The Bertz CT molecular complexity index is 9830. The number of nitrogens with zero attached hydrogens (tertiary/aromatic N) is 10. The maximum absolute atomic E-state index is 5.53. The van der Waals surface area contributed by atoms with Crippen molar-refractivity contribution in [2.45, 2.75) is 0 Å². The highest BCUT2D eigenvalue weighted by molar-refractivity contribution is 6.26. The summed E-state index contributed by atoms with van der Waals surface area (Å²) in [4.78, 5) is 32.5. The molecule has 0 spiro atoms. The lowest BCUT2D eigenvalue weighted by atomic mass is 9.94. The van der Waals surface area contributed by atoms with Crippen molar-refractivity contribution in [3.05, 3.63) is 546 Å². The van der Waals surface area contributed by atoms with E-state index < -0.39 is 0 Å².